The highest BCUT2D eigenvalue weighted by Crippen LogP contribution is 2.64. The van der Waals surface area contributed by atoms with Crippen molar-refractivity contribution in [2.75, 3.05) is 54.9 Å². The third-order valence-corrected chi connectivity index (χ3v) is 29.1. The van der Waals surface area contributed by atoms with Gasteiger partial charge in [-0.2, -0.15) is 0 Å². The topological polar surface area (TPSA) is 55.4 Å². The van der Waals surface area contributed by atoms with Gasteiger partial charge in [-0.25, -0.2) is 0 Å². The van der Waals surface area contributed by atoms with Gasteiger partial charge in [-0.15, -0.1) is 35.3 Å². The Labute approximate surface area is 409 Å². The molecule has 0 saturated carbocycles. The molecule has 0 fully saturated rings. The van der Waals surface area contributed by atoms with Crippen LogP contribution in [0, 0.1) is 0 Å². The Morgan fingerprint density at radius 2 is 0.614 bits per heavy atom. The SMILES string of the molecule is CCOP(=S)(OCC)SCSc1cc(Cl)ccc1Cl.CCOP(=S)(OCC)SCSc1cc(Cl)ccc1Cl.CCOP(=S)(OCC)SCSc1cc(Cl)ccc1Cl. The molecule has 0 N–H and O–H groups in total. The van der Waals surface area contributed by atoms with Gasteiger partial charge < -0.3 is 27.1 Å². The summed E-state index contributed by atoms with van der Waals surface area (Å²) in [5.41, 5.74) is -6.69. The van der Waals surface area contributed by atoms with Crippen molar-refractivity contribution in [1.29, 1.82) is 0 Å². The van der Waals surface area contributed by atoms with Gasteiger partial charge >= 0.3 is 0 Å². The summed E-state index contributed by atoms with van der Waals surface area (Å²) in [5.74, 6) is 0. The summed E-state index contributed by atoms with van der Waals surface area (Å²) >= 11 is 61.8. The van der Waals surface area contributed by atoms with Crippen LogP contribution in [0.5, 0.6) is 0 Å². The zero-order valence-corrected chi connectivity index (χ0v) is 46.4. The Morgan fingerprint density at radius 3 is 0.807 bits per heavy atom. The zero-order chi connectivity index (χ0) is 42.9. The minimum absolute atomic E-state index is 0.562. The van der Waals surface area contributed by atoms with E-state index in [1.165, 1.54) is 34.1 Å². The Morgan fingerprint density at radius 1 is 0.404 bits per heavy atom. The maximum absolute atomic E-state index is 6.10. The molecule has 24 heteroatoms. The lowest BCUT2D eigenvalue weighted by molar-refractivity contribution is 0.280. The van der Waals surface area contributed by atoms with Crippen molar-refractivity contribution in [3.63, 3.8) is 0 Å². The first kappa shape index (κ1) is 58.2. The second kappa shape index (κ2) is 32.8. The third-order valence-electron chi connectivity index (χ3n) is 5.68. The Kier molecular flexibility index (Phi) is 33.5. The highest BCUT2D eigenvalue weighted by Gasteiger charge is 2.21. The van der Waals surface area contributed by atoms with E-state index in [-0.39, 0.29) is 0 Å². The summed E-state index contributed by atoms with van der Waals surface area (Å²) in [6.07, 6.45) is 0. The maximum atomic E-state index is 6.10. The number of hydrogen-bond donors (Lipinski definition) is 0. The second-order valence-corrected chi connectivity index (χ2v) is 35.4. The summed E-state index contributed by atoms with van der Waals surface area (Å²) in [7, 11) is 0. The molecule has 0 aromatic heterocycles. The minimum Gasteiger partial charge on any atom is -0.322 e. The van der Waals surface area contributed by atoms with Crippen LogP contribution in [0.15, 0.2) is 69.3 Å². The molecule has 6 nitrogen and oxygen atoms in total. The highest BCUT2D eigenvalue weighted by molar-refractivity contribution is 8.70. The van der Waals surface area contributed by atoms with Crippen LogP contribution in [0.3, 0.4) is 0 Å². The molecule has 0 bridgehead atoms. The van der Waals surface area contributed by atoms with Crippen LogP contribution >= 0.6 is 156 Å². The molecule has 0 aliphatic carbocycles. The van der Waals surface area contributed by atoms with E-state index in [0.717, 1.165) is 29.9 Å². The van der Waals surface area contributed by atoms with Gasteiger partial charge in [0.05, 0.1) is 70.0 Å². The predicted molar refractivity (Wildman–Crippen MR) is 277 cm³/mol. The van der Waals surface area contributed by atoms with Crippen LogP contribution in [0.25, 0.3) is 0 Å². The fraction of sp³-hybridized carbons (Fsp3) is 0.455. The Hall–Kier alpha value is 3.21. The van der Waals surface area contributed by atoms with Gasteiger partial charge in [0.1, 0.15) is 0 Å². The highest BCUT2D eigenvalue weighted by atomic mass is 35.5. The van der Waals surface area contributed by atoms with Crippen LogP contribution in [-0.2, 0) is 62.6 Å². The molecule has 0 heterocycles. The van der Waals surface area contributed by atoms with Gasteiger partial charge in [-0.05, 0) is 132 Å². The predicted octanol–water partition coefficient (Wildman–Crippen LogP) is 18.2. The van der Waals surface area contributed by atoms with Gasteiger partial charge in [0.15, 0.2) is 0 Å². The van der Waals surface area contributed by atoms with E-state index in [1.54, 1.807) is 71.7 Å². The minimum atomic E-state index is -2.23. The van der Waals surface area contributed by atoms with Crippen molar-refractivity contribution in [1.82, 2.24) is 0 Å². The van der Waals surface area contributed by atoms with Crippen molar-refractivity contribution in [3.8, 4) is 0 Å². The number of rotatable bonds is 24. The molecule has 0 spiro atoms. The summed E-state index contributed by atoms with van der Waals surface area (Å²) in [6.45, 7) is 14.9. The number of thioether (sulfide) groups is 3. The van der Waals surface area contributed by atoms with Crippen LogP contribution in [0.4, 0.5) is 0 Å². The zero-order valence-electron chi connectivity index (χ0n) is 31.8. The summed E-state index contributed by atoms with van der Waals surface area (Å²) in [4.78, 5) is 2.82. The normalized spacial score (nSPS) is 11.8. The van der Waals surface area contributed by atoms with Crippen molar-refractivity contribution < 1.29 is 27.1 Å². The van der Waals surface area contributed by atoms with E-state index in [2.05, 4.69) is 0 Å². The molecule has 324 valence electrons. The van der Waals surface area contributed by atoms with E-state index in [0.29, 0.717) is 69.8 Å². The van der Waals surface area contributed by atoms with Crippen LogP contribution in [0.2, 0.25) is 30.1 Å². The average Bonchev–Trinajstić information content (AvgIpc) is 3.14. The van der Waals surface area contributed by atoms with Gasteiger partial charge in [-0.1, -0.05) is 104 Å². The molecule has 3 aromatic rings. The van der Waals surface area contributed by atoms with Gasteiger partial charge in [-0.3, -0.25) is 0 Å². The third kappa shape index (κ3) is 25.5. The number of halogens is 6. The Balaban J connectivity index is 0.000000427. The van der Waals surface area contributed by atoms with E-state index in [9.17, 15) is 0 Å². The van der Waals surface area contributed by atoms with Crippen LogP contribution < -0.4 is 0 Å². The molecule has 0 saturated heterocycles. The fourth-order valence-electron chi connectivity index (χ4n) is 3.51. The summed E-state index contributed by atoms with van der Waals surface area (Å²) in [6, 6.07) is 16.2. The fourth-order valence-corrected chi connectivity index (χ4v) is 26.1. The van der Waals surface area contributed by atoms with Crippen molar-refractivity contribution in [2.45, 2.75) is 56.2 Å². The van der Waals surface area contributed by atoms with Crippen molar-refractivity contribution >= 4 is 192 Å². The average molecular weight is 1130 g/mol. The molecule has 3 rings (SSSR count). The van der Waals surface area contributed by atoms with E-state index in [1.807, 2.05) is 59.7 Å². The largest absolute Gasteiger partial charge is 0.322 e. The molecule has 0 aliphatic heterocycles. The monoisotopic (exact) mass is 1130 g/mol. The van der Waals surface area contributed by atoms with E-state index >= 15 is 0 Å². The second-order valence-electron chi connectivity index (χ2n) is 9.75. The first-order chi connectivity index (χ1) is 27.0. The van der Waals surface area contributed by atoms with Gasteiger partial charge in [0.25, 0.3) is 0 Å². The molecular weight excluding hydrogens is 1090 g/mol. The first-order valence-corrected chi connectivity index (χ1v) is 34.8. The molecule has 0 radical (unpaired) electrons. The molecule has 0 amide bonds. The molecular formula is C33H45Cl6O6P3S9. The number of hydrogen-bond acceptors (Lipinski definition) is 15. The lowest BCUT2D eigenvalue weighted by Gasteiger charge is -2.19. The summed E-state index contributed by atoms with van der Waals surface area (Å²) in [5, 5.41) is 6.25. The smallest absolute Gasteiger partial charge is 0.248 e. The Bertz CT molecular complexity index is 1550. The number of benzene rings is 3. The van der Waals surface area contributed by atoms with Crippen molar-refractivity contribution in [2.24, 2.45) is 0 Å². The van der Waals surface area contributed by atoms with Crippen LogP contribution in [0.1, 0.15) is 41.5 Å². The lowest BCUT2D eigenvalue weighted by Crippen LogP contribution is -1.92. The molecule has 3 aromatic carbocycles. The first-order valence-electron chi connectivity index (χ1n) is 16.9. The molecule has 0 atom stereocenters. The standard InChI is InChI=1S/3C11H15Cl2O2PS3/c3*1-3-14-16(17,15-4-2)19-8-18-11-7-9(12)5-6-10(11)13/h3*5-7H,3-4,8H2,1-2H3. The van der Waals surface area contributed by atoms with Crippen LogP contribution in [-0.4, -0.2) is 54.9 Å². The maximum Gasteiger partial charge on any atom is 0.248 e. The lowest BCUT2D eigenvalue weighted by atomic mass is 10.4. The molecule has 0 aliphatic rings. The summed E-state index contributed by atoms with van der Waals surface area (Å²) < 4.78 is 33.3. The van der Waals surface area contributed by atoms with E-state index in [4.69, 9.17) is 132 Å². The quantitative estimate of drug-likeness (QED) is 0.0486. The molecule has 0 unspecified atom stereocenters. The van der Waals surface area contributed by atoms with Gasteiger partial charge in [0.2, 0.25) is 17.1 Å². The molecule has 57 heavy (non-hydrogen) atoms. The van der Waals surface area contributed by atoms with Gasteiger partial charge in [0, 0.05) is 29.8 Å². The van der Waals surface area contributed by atoms with Crippen molar-refractivity contribution in [3.05, 3.63) is 84.7 Å². The van der Waals surface area contributed by atoms with E-state index < -0.39 is 17.1 Å².